The van der Waals surface area contributed by atoms with E-state index in [9.17, 15) is 4.79 Å². The Morgan fingerprint density at radius 2 is 2.13 bits per heavy atom. The molecule has 5 heteroatoms. The maximum Gasteiger partial charge on any atom is 0.237 e. The number of nitrogens with zero attached hydrogens (tertiary/aromatic N) is 3. The molecule has 5 nitrogen and oxygen atoms in total. The van der Waals surface area contributed by atoms with E-state index in [1.165, 1.54) is 18.4 Å². The van der Waals surface area contributed by atoms with Crippen molar-refractivity contribution in [2.24, 2.45) is 13.0 Å². The van der Waals surface area contributed by atoms with Gasteiger partial charge in [0.1, 0.15) is 0 Å². The summed E-state index contributed by atoms with van der Waals surface area (Å²) in [5.41, 5.74) is 3.28. The number of carbonyl (C=O) groups excluding carboxylic acids is 1. The Hall–Kier alpha value is -1.88. The lowest BCUT2D eigenvalue weighted by Gasteiger charge is -2.44. The van der Waals surface area contributed by atoms with E-state index in [1.807, 2.05) is 11.7 Å². The molecule has 0 aliphatic carbocycles. The van der Waals surface area contributed by atoms with Crippen molar-refractivity contribution >= 4 is 16.8 Å². The molecule has 1 N–H and O–H groups in total. The summed E-state index contributed by atoms with van der Waals surface area (Å²) in [5, 5.41) is 8.84. The van der Waals surface area contributed by atoms with Crippen LogP contribution >= 0.6 is 0 Å². The normalized spacial score (nSPS) is 26.6. The van der Waals surface area contributed by atoms with Crippen LogP contribution in [0.15, 0.2) is 18.2 Å². The second kappa shape index (κ2) is 5.64. The quantitative estimate of drug-likeness (QED) is 0.943. The second-order valence-electron chi connectivity index (χ2n) is 7.04. The zero-order chi connectivity index (χ0) is 16.0. The van der Waals surface area contributed by atoms with E-state index in [0.717, 1.165) is 42.0 Å². The van der Waals surface area contributed by atoms with Crippen molar-refractivity contribution in [3.8, 4) is 0 Å². The van der Waals surface area contributed by atoms with Crippen LogP contribution in [0.5, 0.6) is 0 Å². The molecule has 3 aliphatic rings. The maximum absolute atomic E-state index is 12.6. The summed E-state index contributed by atoms with van der Waals surface area (Å²) >= 11 is 0. The van der Waals surface area contributed by atoms with Gasteiger partial charge in [0, 0.05) is 12.4 Å². The highest BCUT2D eigenvalue weighted by Gasteiger charge is 2.37. The molecular formula is C18H24N4O. The van der Waals surface area contributed by atoms with E-state index in [1.54, 1.807) is 0 Å². The van der Waals surface area contributed by atoms with Crippen molar-refractivity contribution in [3.63, 3.8) is 0 Å². The van der Waals surface area contributed by atoms with E-state index in [-0.39, 0.29) is 11.9 Å². The Bertz CT molecular complexity index is 743. The first kappa shape index (κ1) is 14.7. The number of piperidine rings is 3. The summed E-state index contributed by atoms with van der Waals surface area (Å²) in [7, 11) is 1.95. The molecule has 1 amide bonds. The average Bonchev–Trinajstić information content (AvgIpc) is 2.89. The van der Waals surface area contributed by atoms with Gasteiger partial charge in [0.25, 0.3) is 0 Å². The summed E-state index contributed by atoms with van der Waals surface area (Å²) in [6.45, 7) is 4.75. The molecule has 4 heterocycles. The van der Waals surface area contributed by atoms with Gasteiger partial charge in [-0.15, -0.1) is 0 Å². The number of aryl methyl sites for hydroxylation is 2. The van der Waals surface area contributed by atoms with Gasteiger partial charge in [0.05, 0.1) is 23.8 Å². The largest absolute Gasteiger partial charge is 0.349 e. The van der Waals surface area contributed by atoms with Gasteiger partial charge in [0.15, 0.2) is 0 Å². The Labute approximate surface area is 136 Å². The zero-order valence-electron chi connectivity index (χ0n) is 13.9. The van der Waals surface area contributed by atoms with Crippen LogP contribution in [0.1, 0.15) is 30.5 Å². The summed E-state index contributed by atoms with van der Waals surface area (Å²) in [4.78, 5) is 14.9. The first-order valence-electron chi connectivity index (χ1n) is 8.56. The minimum absolute atomic E-state index is 0.0687. The standard InChI is InChI=1S/C18H24N4O/c1-12-3-4-16-14(9-12)15(20-21(16)2)11-19-18(23)17-10-13-5-7-22(17)8-6-13/h3-4,9,13,17H,5-8,10-11H2,1-2H3,(H,19,23). The summed E-state index contributed by atoms with van der Waals surface area (Å²) in [6, 6.07) is 6.41. The van der Waals surface area contributed by atoms with Crippen LogP contribution in [-0.4, -0.2) is 39.7 Å². The molecular weight excluding hydrogens is 288 g/mol. The predicted molar refractivity (Wildman–Crippen MR) is 90.0 cm³/mol. The molecule has 1 atom stereocenters. The van der Waals surface area contributed by atoms with Crippen molar-refractivity contribution in [1.29, 1.82) is 0 Å². The van der Waals surface area contributed by atoms with Crippen molar-refractivity contribution < 1.29 is 4.79 Å². The number of nitrogens with one attached hydrogen (secondary N) is 1. The molecule has 0 spiro atoms. The highest BCUT2D eigenvalue weighted by molar-refractivity contribution is 5.85. The number of benzene rings is 1. The van der Waals surface area contributed by atoms with Gasteiger partial charge in [-0.2, -0.15) is 5.10 Å². The second-order valence-corrected chi connectivity index (χ2v) is 7.04. The Balaban J connectivity index is 1.49. The molecule has 2 bridgehead atoms. The van der Waals surface area contributed by atoms with Gasteiger partial charge < -0.3 is 5.32 Å². The number of carbonyl (C=O) groups is 1. The topological polar surface area (TPSA) is 50.2 Å². The molecule has 1 aromatic carbocycles. The van der Waals surface area contributed by atoms with Crippen LogP contribution in [0.2, 0.25) is 0 Å². The van der Waals surface area contributed by atoms with Crippen LogP contribution in [0.25, 0.3) is 10.9 Å². The Morgan fingerprint density at radius 3 is 2.83 bits per heavy atom. The summed E-state index contributed by atoms with van der Waals surface area (Å²) < 4.78 is 1.89. The summed E-state index contributed by atoms with van der Waals surface area (Å²) in [6.07, 6.45) is 3.54. The molecule has 3 fully saturated rings. The fourth-order valence-corrected chi connectivity index (χ4v) is 4.11. The fraction of sp³-hybridized carbons (Fsp3) is 0.556. The lowest BCUT2D eigenvalue weighted by atomic mass is 9.83. The first-order chi connectivity index (χ1) is 11.1. The van der Waals surface area contributed by atoms with Crippen LogP contribution < -0.4 is 5.32 Å². The van der Waals surface area contributed by atoms with Gasteiger partial charge in [-0.25, -0.2) is 0 Å². The monoisotopic (exact) mass is 312 g/mol. The predicted octanol–water partition coefficient (Wildman–Crippen LogP) is 1.98. The molecule has 3 saturated heterocycles. The lowest BCUT2D eigenvalue weighted by Crippen LogP contribution is -2.55. The smallest absolute Gasteiger partial charge is 0.237 e. The molecule has 0 radical (unpaired) electrons. The zero-order valence-corrected chi connectivity index (χ0v) is 13.9. The molecule has 122 valence electrons. The van der Waals surface area contributed by atoms with E-state index >= 15 is 0 Å². The SMILES string of the molecule is Cc1ccc2c(c1)c(CNC(=O)C1CC3CCN1CC3)nn2C. The summed E-state index contributed by atoms with van der Waals surface area (Å²) in [5.74, 6) is 0.912. The molecule has 1 unspecified atom stereocenters. The van der Waals surface area contributed by atoms with Gasteiger partial charge >= 0.3 is 0 Å². The Morgan fingerprint density at radius 1 is 1.35 bits per heavy atom. The number of hydrogen-bond acceptors (Lipinski definition) is 3. The molecule has 1 aromatic heterocycles. The third-order valence-corrected chi connectivity index (χ3v) is 5.46. The molecule has 23 heavy (non-hydrogen) atoms. The minimum Gasteiger partial charge on any atom is -0.349 e. The minimum atomic E-state index is 0.0687. The number of rotatable bonds is 3. The maximum atomic E-state index is 12.6. The fourth-order valence-electron chi connectivity index (χ4n) is 4.11. The van der Waals surface area contributed by atoms with Gasteiger partial charge in [-0.1, -0.05) is 11.6 Å². The van der Waals surface area contributed by atoms with Crippen LogP contribution in [-0.2, 0) is 18.4 Å². The Kier molecular flexibility index (Phi) is 3.60. The van der Waals surface area contributed by atoms with Gasteiger partial charge in [-0.05, 0) is 57.3 Å². The van der Waals surface area contributed by atoms with Gasteiger partial charge in [-0.3, -0.25) is 14.4 Å². The highest BCUT2D eigenvalue weighted by Crippen LogP contribution is 2.31. The van der Waals surface area contributed by atoms with E-state index < -0.39 is 0 Å². The number of fused-ring (bicyclic) bond motifs is 4. The number of hydrogen-bond donors (Lipinski definition) is 1. The average molecular weight is 312 g/mol. The van der Waals surface area contributed by atoms with E-state index in [4.69, 9.17) is 0 Å². The van der Waals surface area contributed by atoms with Crippen LogP contribution in [0, 0.1) is 12.8 Å². The third-order valence-electron chi connectivity index (χ3n) is 5.46. The van der Waals surface area contributed by atoms with Crippen molar-refractivity contribution in [1.82, 2.24) is 20.0 Å². The van der Waals surface area contributed by atoms with Gasteiger partial charge in [0.2, 0.25) is 5.91 Å². The third kappa shape index (κ3) is 2.63. The number of amides is 1. The molecule has 0 saturated carbocycles. The lowest BCUT2D eigenvalue weighted by molar-refractivity contribution is -0.130. The molecule has 3 aliphatic heterocycles. The first-order valence-corrected chi connectivity index (χ1v) is 8.56. The van der Waals surface area contributed by atoms with Crippen LogP contribution in [0.4, 0.5) is 0 Å². The van der Waals surface area contributed by atoms with Crippen molar-refractivity contribution in [3.05, 3.63) is 29.5 Å². The number of aromatic nitrogens is 2. The molecule has 2 aromatic rings. The van der Waals surface area contributed by atoms with Crippen LogP contribution in [0.3, 0.4) is 0 Å². The van der Waals surface area contributed by atoms with Crippen molar-refractivity contribution in [2.45, 2.75) is 38.8 Å². The van der Waals surface area contributed by atoms with Crippen molar-refractivity contribution in [2.75, 3.05) is 13.1 Å². The molecule has 5 rings (SSSR count). The highest BCUT2D eigenvalue weighted by atomic mass is 16.2. The van der Waals surface area contributed by atoms with E-state index in [0.29, 0.717) is 6.54 Å². The van der Waals surface area contributed by atoms with E-state index in [2.05, 4.69) is 40.4 Å².